The molecular weight excluding hydrogens is 114 g/mol. The SMILES string of the molecule is CCc1nccc(N)n1. The van der Waals surface area contributed by atoms with Crippen molar-refractivity contribution in [3.05, 3.63) is 18.1 Å². The molecule has 0 aromatic carbocycles. The van der Waals surface area contributed by atoms with Gasteiger partial charge in [0.05, 0.1) is 0 Å². The third-order valence-corrected chi connectivity index (χ3v) is 1.04. The van der Waals surface area contributed by atoms with Crippen molar-refractivity contribution in [3.63, 3.8) is 0 Å². The fourth-order valence-electron chi connectivity index (χ4n) is 0.585. The molecule has 1 aromatic rings. The maximum atomic E-state index is 5.38. The number of nitrogens with zero attached hydrogens (tertiary/aromatic N) is 2. The molecule has 0 saturated carbocycles. The van der Waals surface area contributed by atoms with Crippen LogP contribution in [-0.2, 0) is 6.42 Å². The third kappa shape index (κ3) is 1.38. The summed E-state index contributed by atoms with van der Waals surface area (Å²) in [6.45, 7) is 1.99. The van der Waals surface area contributed by atoms with Crippen molar-refractivity contribution in [2.45, 2.75) is 13.3 Å². The van der Waals surface area contributed by atoms with E-state index in [1.807, 2.05) is 6.92 Å². The minimum Gasteiger partial charge on any atom is -0.384 e. The van der Waals surface area contributed by atoms with Crippen LogP contribution < -0.4 is 5.73 Å². The van der Waals surface area contributed by atoms with Crippen LogP contribution in [0.25, 0.3) is 0 Å². The molecule has 0 aliphatic carbocycles. The quantitative estimate of drug-likeness (QED) is 0.595. The summed E-state index contributed by atoms with van der Waals surface area (Å²) in [7, 11) is 0. The van der Waals surface area contributed by atoms with E-state index in [0.29, 0.717) is 5.82 Å². The number of rotatable bonds is 1. The first-order chi connectivity index (χ1) is 4.33. The molecule has 0 aliphatic rings. The van der Waals surface area contributed by atoms with Crippen LogP contribution in [0.5, 0.6) is 0 Å². The van der Waals surface area contributed by atoms with E-state index in [1.165, 1.54) is 0 Å². The standard InChI is InChI=1S/C6H9N3/c1-2-6-8-4-3-5(7)9-6/h3-4H,2H2,1H3,(H2,7,8,9). The van der Waals surface area contributed by atoms with Crippen molar-refractivity contribution in [2.75, 3.05) is 5.73 Å². The van der Waals surface area contributed by atoms with E-state index in [2.05, 4.69) is 9.97 Å². The highest BCUT2D eigenvalue weighted by Gasteiger charge is 1.89. The maximum absolute atomic E-state index is 5.38. The lowest BCUT2D eigenvalue weighted by Gasteiger charge is -1.93. The summed E-state index contributed by atoms with van der Waals surface area (Å²) < 4.78 is 0. The summed E-state index contributed by atoms with van der Waals surface area (Å²) in [5.41, 5.74) is 5.38. The Morgan fingerprint density at radius 1 is 1.67 bits per heavy atom. The van der Waals surface area contributed by atoms with Crippen LogP contribution >= 0.6 is 0 Å². The Bertz CT molecular complexity index is 197. The molecule has 0 aliphatic heterocycles. The molecule has 0 bridgehead atoms. The smallest absolute Gasteiger partial charge is 0.130 e. The van der Waals surface area contributed by atoms with Crippen LogP contribution in [-0.4, -0.2) is 9.97 Å². The predicted octanol–water partition coefficient (Wildman–Crippen LogP) is 0.621. The predicted molar refractivity (Wildman–Crippen MR) is 35.8 cm³/mol. The van der Waals surface area contributed by atoms with E-state index in [0.717, 1.165) is 12.2 Å². The molecule has 0 atom stereocenters. The van der Waals surface area contributed by atoms with Gasteiger partial charge in [0.1, 0.15) is 11.6 Å². The number of nitrogen functional groups attached to an aromatic ring is 1. The zero-order valence-corrected chi connectivity index (χ0v) is 5.33. The summed E-state index contributed by atoms with van der Waals surface area (Å²) in [5, 5.41) is 0. The monoisotopic (exact) mass is 123 g/mol. The molecule has 1 aromatic heterocycles. The average Bonchev–Trinajstić information content (AvgIpc) is 1.88. The molecule has 0 radical (unpaired) electrons. The highest BCUT2D eigenvalue weighted by molar-refractivity contribution is 5.24. The van der Waals surface area contributed by atoms with Gasteiger partial charge in [-0.1, -0.05) is 6.92 Å². The summed E-state index contributed by atoms with van der Waals surface area (Å²) in [6.07, 6.45) is 2.51. The van der Waals surface area contributed by atoms with Gasteiger partial charge in [-0.3, -0.25) is 0 Å². The lowest BCUT2D eigenvalue weighted by atomic mass is 10.4. The summed E-state index contributed by atoms with van der Waals surface area (Å²) in [4.78, 5) is 7.93. The average molecular weight is 123 g/mol. The van der Waals surface area contributed by atoms with Crippen LogP contribution in [0.2, 0.25) is 0 Å². The molecule has 3 heteroatoms. The van der Waals surface area contributed by atoms with E-state index in [1.54, 1.807) is 12.3 Å². The zero-order valence-electron chi connectivity index (χ0n) is 5.33. The van der Waals surface area contributed by atoms with E-state index in [4.69, 9.17) is 5.73 Å². The Morgan fingerprint density at radius 2 is 2.44 bits per heavy atom. The van der Waals surface area contributed by atoms with Gasteiger partial charge in [-0.15, -0.1) is 0 Å². The first-order valence-electron chi connectivity index (χ1n) is 2.90. The zero-order chi connectivity index (χ0) is 6.69. The first kappa shape index (κ1) is 6.01. The van der Waals surface area contributed by atoms with Gasteiger partial charge in [0.2, 0.25) is 0 Å². The van der Waals surface area contributed by atoms with Crippen LogP contribution in [0, 0.1) is 0 Å². The lowest BCUT2D eigenvalue weighted by Crippen LogP contribution is -1.96. The van der Waals surface area contributed by atoms with Crippen LogP contribution in [0.3, 0.4) is 0 Å². The van der Waals surface area contributed by atoms with Gasteiger partial charge in [-0.25, -0.2) is 9.97 Å². The molecule has 0 saturated heterocycles. The molecule has 1 rings (SSSR count). The van der Waals surface area contributed by atoms with Crippen molar-refractivity contribution in [1.82, 2.24) is 9.97 Å². The van der Waals surface area contributed by atoms with E-state index in [-0.39, 0.29) is 0 Å². The fourth-order valence-corrected chi connectivity index (χ4v) is 0.585. The second-order valence-corrected chi connectivity index (χ2v) is 1.75. The van der Waals surface area contributed by atoms with Crippen molar-refractivity contribution < 1.29 is 0 Å². The lowest BCUT2D eigenvalue weighted by molar-refractivity contribution is 0.945. The molecule has 0 fully saturated rings. The van der Waals surface area contributed by atoms with E-state index >= 15 is 0 Å². The highest BCUT2D eigenvalue weighted by atomic mass is 14.9. The van der Waals surface area contributed by atoms with Crippen molar-refractivity contribution in [1.29, 1.82) is 0 Å². The second-order valence-electron chi connectivity index (χ2n) is 1.75. The summed E-state index contributed by atoms with van der Waals surface area (Å²) >= 11 is 0. The molecular formula is C6H9N3. The molecule has 9 heavy (non-hydrogen) atoms. The number of hydrogen-bond donors (Lipinski definition) is 1. The van der Waals surface area contributed by atoms with Gasteiger partial charge in [0, 0.05) is 12.6 Å². The van der Waals surface area contributed by atoms with E-state index in [9.17, 15) is 0 Å². The Kier molecular flexibility index (Phi) is 1.63. The van der Waals surface area contributed by atoms with Gasteiger partial charge in [-0.05, 0) is 6.07 Å². The Balaban J connectivity index is 2.94. The number of aryl methyl sites for hydroxylation is 1. The number of aromatic nitrogens is 2. The number of nitrogens with two attached hydrogens (primary N) is 1. The molecule has 0 amide bonds. The van der Waals surface area contributed by atoms with Crippen molar-refractivity contribution in [2.24, 2.45) is 0 Å². The van der Waals surface area contributed by atoms with Gasteiger partial charge in [0.15, 0.2) is 0 Å². The van der Waals surface area contributed by atoms with Gasteiger partial charge < -0.3 is 5.73 Å². The van der Waals surface area contributed by atoms with Crippen LogP contribution in [0.4, 0.5) is 5.82 Å². The third-order valence-electron chi connectivity index (χ3n) is 1.04. The summed E-state index contributed by atoms with van der Waals surface area (Å²) in [6, 6.07) is 1.68. The largest absolute Gasteiger partial charge is 0.384 e. The highest BCUT2D eigenvalue weighted by Crippen LogP contribution is 1.95. The first-order valence-corrected chi connectivity index (χ1v) is 2.90. The van der Waals surface area contributed by atoms with Crippen molar-refractivity contribution >= 4 is 5.82 Å². The van der Waals surface area contributed by atoms with Crippen LogP contribution in [0.1, 0.15) is 12.7 Å². The van der Waals surface area contributed by atoms with Crippen LogP contribution in [0.15, 0.2) is 12.3 Å². The van der Waals surface area contributed by atoms with Gasteiger partial charge in [-0.2, -0.15) is 0 Å². The molecule has 3 nitrogen and oxygen atoms in total. The maximum Gasteiger partial charge on any atom is 0.130 e. The van der Waals surface area contributed by atoms with Gasteiger partial charge >= 0.3 is 0 Å². The molecule has 2 N–H and O–H groups in total. The normalized spacial score (nSPS) is 9.44. The molecule has 0 unspecified atom stereocenters. The van der Waals surface area contributed by atoms with Crippen molar-refractivity contribution in [3.8, 4) is 0 Å². The minimum atomic E-state index is 0.543. The van der Waals surface area contributed by atoms with Gasteiger partial charge in [0.25, 0.3) is 0 Å². The Hall–Kier alpha value is -1.12. The molecule has 0 spiro atoms. The molecule has 1 heterocycles. The topological polar surface area (TPSA) is 51.8 Å². The minimum absolute atomic E-state index is 0.543. The molecule has 48 valence electrons. The summed E-state index contributed by atoms with van der Waals surface area (Å²) in [5.74, 6) is 1.34. The Labute approximate surface area is 53.9 Å². The second kappa shape index (κ2) is 2.44. The number of anilines is 1. The fraction of sp³-hybridized carbons (Fsp3) is 0.333. The Morgan fingerprint density at radius 3 is 2.89 bits per heavy atom. The number of hydrogen-bond acceptors (Lipinski definition) is 3. The van der Waals surface area contributed by atoms with E-state index < -0.39 is 0 Å².